The molecule has 1 aromatic heterocycles. The number of hydrogen-bond acceptors (Lipinski definition) is 4. The molecule has 28 heavy (non-hydrogen) atoms. The minimum Gasteiger partial charge on any atom is -0.386 e. The third-order valence-electron chi connectivity index (χ3n) is 9.31. The third kappa shape index (κ3) is 1.82. The van der Waals surface area contributed by atoms with Crippen molar-refractivity contribution in [3.63, 3.8) is 0 Å². The summed E-state index contributed by atoms with van der Waals surface area (Å²) < 4.78 is 5.22. The van der Waals surface area contributed by atoms with Crippen molar-refractivity contribution in [2.75, 3.05) is 0 Å². The summed E-state index contributed by atoms with van der Waals surface area (Å²) in [5, 5.41) is 4.08. The zero-order chi connectivity index (χ0) is 18.7. The fourth-order valence-corrected chi connectivity index (χ4v) is 9.37. The van der Waals surface area contributed by atoms with Crippen LogP contribution in [0.2, 0.25) is 0 Å². The summed E-state index contributed by atoms with van der Waals surface area (Å²) in [4.78, 5) is 25.7. The molecule has 1 aromatic rings. The first-order valence-electron chi connectivity index (χ1n) is 10.9. The van der Waals surface area contributed by atoms with Crippen molar-refractivity contribution < 1.29 is 14.3 Å². The molecule has 1 saturated heterocycles. The number of carbonyl (C=O) groups is 2. The maximum Gasteiger partial charge on any atom is 0.347 e. The van der Waals surface area contributed by atoms with E-state index in [0.29, 0.717) is 23.0 Å². The molecule has 3 nitrogen and oxygen atoms in total. The molecule has 4 heteroatoms. The van der Waals surface area contributed by atoms with Crippen molar-refractivity contribution in [3.8, 4) is 0 Å². The molecule has 7 aliphatic carbocycles. The lowest BCUT2D eigenvalue weighted by Gasteiger charge is -2.70. The Morgan fingerprint density at radius 3 is 2.32 bits per heavy atom. The second-order valence-electron chi connectivity index (χ2n) is 10.1. The van der Waals surface area contributed by atoms with Crippen LogP contribution in [0.1, 0.15) is 44.6 Å². The quantitative estimate of drug-likeness (QED) is 0.390. The third-order valence-corrected chi connectivity index (χ3v) is 10.00. The fourth-order valence-electron chi connectivity index (χ4n) is 8.66. The second-order valence-corrected chi connectivity index (χ2v) is 10.9. The van der Waals surface area contributed by atoms with Gasteiger partial charge in [-0.3, -0.25) is 0 Å². The number of carbonyl (C=O) groups excluding carboxylic acids is 2. The summed E-state index contributed by atoms with van der Waals surface area (Å²) in [5.41, 5.74) is 4.51. The first-order valence-corrected chi connectivity index (χ1v) is 11.8. The predicted molar refractivity (Wildman–Crippen MR) is 106 cm³/mol. The van der Waals surface area contributed by atoms with E-state index in [9.17, 15) is 9.59 Å². The number of cyclic esters (lactones) is 2. The normalized spacial score (nSPS) is 49.3. The van der Waals surface area contributed by atoms with Crippen molar-refractivity contribution in [2.45, 2.75) is 39.0 Å². The van der Waals surface area contributed by atoms with Gasteiger partial charge >= 0.3 is 11.9 Å². The van der Waals surface area contributed by atoms with E-state index < -0.39 is 5.97 Å². The van der Waals surface area contributed by atoms with E-state index in [-0.39, 0.29) is 5.97 Å². The fraction of sp³-hybridized carbons (Fsp3) is 0.583. The van der Waals surface area contributed by atoms with Gasteiger partial charge in [-0.2, -0.15) is 11.3 Å². The van der Waals surface area contributed by atoms with Crippen LogP contribution in [-0.2, 0) is 14.3 Å². The molecule has 2 heterocycles. The Hall–Kier alpha value is -1.68. The van der Waals surface area contributed by atoms with Crippen LogP contribution >= 0.6 is 11.3 Å². The van der Waals surface area contributed by atoms with E-state index in [1.165, 1.54) is 37.7 Å². The molecule has 8 fully saturated rings. The Balaban J connectivity index is 1.45. The molecule has 0 spiro atoms. The van der Waals surface area contributed by atoms with Crippen molar-refractivity contribution in [1.82, 2.24) is 0 Å². The second kappa shape index (κ2) is 5.27. The highest BCUT2D eigenvalue weighted by Gasteiger charge is 2.66. The van der Waals surface area contributed by atoms with Crippen LogP contribution in [0, 0.1) is 47.3 Å². The predicted octanol–water partition coefficient (Wildman–Crippen LogP) is 4.85. The summed E-state index contributed by atoms with van der Waals surface area (Å²) in [6.45, 7) is 1.98. The van der Waals surface area contributed by atoms with Crippen molar-refractivity contribution in [3.05, 3.63) is 39.1 Å². The lowest BCUT2D eigenvalue weighted by atomic mass is 9.34. The summed E-state index contributed by atoms with van der Waals surface area (Å²) in [7, 11) is 0. The number of rotatable bonds is 1. The Morgan fingerprint density at radius 1 is 0.964 bits per heavy atom. The molecule has 8 aliphatic rings. The van der Waals surface area contributed by atoms with Crippen LogP contribution in [0.5, 0.6) is 0 Å². The Bertz CT molecular complexity index is 959. The highest BCUT2D eigenvalue weighted by Crippen LogP contribution is 2.73. The van der Waals surface area contributed by atoms with Gasteiger partial charge in [0.25, 0.3) is 0 Å². The van der Waals surface area contributed by atoms with Crippen molar-refractivity contribution in [1.29, 1.82) is 0 Å². The molecule has 7 saturated carbocycles. The molecular weight excluding hydrogens is 368 g/mol. The van der Waals surface area contributed by atoms with Crippen LogP contribution in [0.4, 0.5) is 0 Å². The van der Waals surface area contributed by atoms with E-state index in [1.807, 2.05) is 18.4 Å². The van der Waals surface area contributed by atoms with Gasteiger partial charge in [-0.15, -0.1) is 0 Å². The van der Waals surface area contributed by atoms with Gasteiger partial charge in [0.1, 0.15) is 0 Å². The van der Waals surface area contributed by atoms with Gasteiger partial charge in [0.2, 0.25) is 0 Å². The minimum absolute atomic E-state index is 0.375. The molecule has 0 radical (unpaired) electrons. The van der Waals surface area contributed by atoms with Crippen LogP contribution in [0.3, 0.4) is 0 Å². The van der Waals surface area contributed by atoms with Crippen molar-refractivity contribution >= 4 is 28.8 Å². The zero-order valence-electron chi connectivity index (χ0n) is 16.0. The van der Waals surface area contributed by atoms with Crippen LogP contribution in [0.25, 0.3) is 5.57 Å². The summed E-state index contributed by atoms with van der Waals surface area (Å²) in [5.74, 6) is 5.37. The smallest absolute Gasteiger partial charge is 0.347 e. The lowest BCUT2D eigenvalue weighted by Crippen LogP contribution is -2.63. The number of ether oxygens (including phenoxy) is 1. The topological polar surface area (TPSA) is 43.4 Å². The molecule has 0 N–H and O–H groups in total. The summed E-state index contributed by atoms with van der Waals surface area (Å²) >= 11 is 1.62. The van der Waals surface area contributed by atoms with Gasteiger partial charge in [0, 0.05) is 0 Å². The highest BCUT2D eigenvalue weighted by molar-refractivity contribution is 7.08. The molecule has 4 unspecified atom stereocenters. The number of allylic oxidation sites excluding steroid dienone is 2. The minimum atomic E-state index is -0.432. The molecular formula is C24H24O3S. The molecule has 144 valence electrons. The number of hydrogen-bond donors (Lipinski definition) is 0. The molecule has 0 amide bonds. The lowest BCUT2D eigenvalue weighted by molar-refractivity contribution is -0.177. The van der Waals surface area contributed by atoms with Gasteiger partial charge in [-0.25, -0.2) is 9.59 Å². The van der Waals surface area contributed by atoms with Gasteiger partial charge in [0.05, 0.1) is 11.1 Å². The Morgan fingerprint density at radius 2 is 1.64 bits per heavy atom. The molecule has 0 aromatic carbocycles. The maximum absolute atomic E-state index is 13.0. The van der Waals surface area contributed by atoms with E-state index in [2.05, 4.69) is 5.38 Å². The summed E-state index contributed by atoms with van der Waals surface area (Å²) in [6.07, 6.45) is 6.66. The van der Waals surface area contributed by atoms with Gasteiger partial charge in [0.15, 0.2) is 0 Å². The average Bonchev–Trinajstić information content (AvgIpc) is 3.32. The SMILES string of the molecule is C/C(=C1\C(=O)OC(=O)\C1=C1\C2CC3C4CC5CC3C1C(C5)C4C2)c1ccsc1. The maximum atomic E-state index is 13.0. The number of thiophene rings is 1. The zero-order valence-corrected chi connectivity index (χ0v) is 16.8. The van der Waals surface area contributed by atoms with Gasteiger partial charge in [-0.05, 0) is 120 Å². The molecule has 9 rings (SSSR count). The van der Waals surface area contributed by atoms with Crippen LogP contribution < -0.4 is 0 Å². The average molecular weight is 393 g/mol. The van der Waals surface area contributed by atoms with E-state index >= 15 is 0 Å². The molecule has 4 atom stereocenters. The van der Waals surface area contributed by atoms with E-state index in [0.717, 1.165) is 46.6 Å². The Kier molecular flexibility index (Phi) is 3.04. The van der Waals surface area contributed by atoms with Crippen LogP contribution in [0.15, 0.2) is 33.5 Å². The first-order chi connectivity index (χ1) is 13.6. The standard InChI is InChI=1S/C24H24O3S/c1-10(12-2-3-28-9-12)19-22(24(26)27-23(19)25)20-13-7-15-14-4-11-5-17(15)21(20)18(6-11)16(14)8-13/h2-3,9,11,13-18,21H,4-8H2,1H3/b19-10+,22-20-. The molecule has 1 aliphatic heterocycles. The highest BCUT2D eigenvalue weighted by atomic mass is 32.1. The monoisotopic (exact) mass is 392 g/mol. The summed E-state index contributed by atoms with van der Waals surface area (Å²) in [6, 6.07) is 2.03. The van der Waals surface area contributed by atoms with Crippen LogP contribution in [-0.4, -0.2) is 11.9 Å². The van der Waals surface area contributed by atoms with Crippen molar-refractivity contribution in [2.24, 2.45) is 47.3 Å². The number of esters is 2. The van der Waals surface area contributed by atoms with E-state index in [4.69, 9.17) is 4.74 Å². The van der Waals surface area contributed by atoms with Gasteiger partial charge in [-0.1, -0.05) is 0 Å². The Labute approximate surface area is 168 Å². The molecule has 8 bridgehead atoms. The first kappa shape index (κ1) is 16.2. The van der Waals surface area contributed by atoms with Gasteiger partial charge < -0.3 is 4.74 Å². The largest absolute Gasteiger partial charge is 0.386 e. The van der Waals surface area contributed by atoms with E-state index in [1.54, 1.807) is 11.3 Å².